The quantitative estimate of drug-likeness (QED) is 0.661. The third-order valence-electron chi connectivity index (χ3n) is 5.15. The van der Waals surface area contributed by atoms with Gasteiger partial charge in [-0.3, -0.25) is 9.79 Å². The predicted molar refractivity (Wildman–Crippen MR) is 125 cm³/mol. The first kappa shape index (κ1) is 21.7. The lowest BCUT2D eigenvalue weighted by Gasteiger charge is -2.09. The molecule has 1 amide bonds. The third-order valence-corrected chi connectivity index (χ3v) is 8.29. The van der Waals surface area contributed by atoms with E-state index in [1.54, 1.807) is 12.1 Å². The van der Waals surface area contributed by atoms with Crippen molar-refractivity contribution < 1.29 is 17.9 Å². The largest absolute Gasteiger partial charge is 0.494 e. The van der Waals surface area contributed by atoms with Crippen LogP contribution in [0.2, 0.25) is 0 Å². The molecule has 2 N–H and O–H groups in total. The molecule has 4 rings (SSSR count). The van der Waals surface area contributed by atoms with Crippen molar-refractivity contribution in [2.24, 2.45) is 4.99 Å². The summed E-state index contributed by atoms with van der Waals surface area (Å²) in [6.07, 6.45) is 0.743. The molecule has 7 nitrogen and oxygen atoms in total. The molecule has 0 bridgehead atoms. The maximum Gasteiger partial charge on any atom is 0.251 e. The van der Waals surface area contributed by atoms with Gasteiger partial charge in [-0.05, 0) is 55.3 Å². The molecule has 2 aromatic rings. The topological polar surface area (TPSA) is 96.9 Å². The standard InChI is InChI=1S/C22H25N3O4S2/c1-2-29-18-9-3-15(4-10-18)11-12-23-21(26)16-5-7-17(8-6-16)24-22-25-19-13-31(27,28)14-20(19)30-22/h3-10,19-20H,2,11-14H2,1H3,(H,23,26)(H,24,25)/t19-,20-/m1/s1. The number of aliphatic imine (C=N–C) groups is 1. The van der Waals surface area contributed by atoms with Gasteiger partial charge in [0.2, 0.25) is 0 Å². The summed E-state index contributed by atoms with van der Waals surface area (Å²) in [4.78, 5) is 16.9. The number of carbonyl (C=O) groups is 1. The summed E-state index contributed by atoms with van der Waals surface area (Å²) in [7, 11) is -2.95. The Kier molecular flexibility index (Phi) is 6.52. The van der Waals surface area contributed by atoms with E-state index < -0.39 is 9.84 Å². The van der Waals surface area contributed by atoms with E-state index in [2.05, 4.69) is 15.6 Å². The number of sulfone groups is 1. The molecular formula is C22H25N3O4S2. The van der Waals surface area contributed by atoms with Crippen LogP contribution in [0.3, 0.4) is 0 Å². The second-order valence-electron chi connectivity index (χ2n) is 7.52. The first-order valence-corrected chi connectivity index (χ1v) is 12.9. The van der Waals surface area contributed by atoms with E-state index in [-0.39, 0.29) is 28.7 Å². The van der Waals surface area contributed by atoms with Crippen molar-refractivity contribution in [2.45, 2.75) is 24.6 Å². The van der Waals surface area contributed by atoms with Crippen LogP contribution in [-0.4, -0.2) is 55.4 Å². The van der Waals surface area contributed by atoms with E-state index in [1.807, 2.05) is 43.3 Å². The molecule has 1 saturated heterocycles. The number of hydrogen-bond acceptors (Lipinski definition) is 7. The van der Waals surface area contributed by atoms with Gasteiger partial charge < -0.3 is 15.4 Å². The minimum atomic E-state index is -2.95. The van der Waals surface area contributed by atoms with Crippen molar-refractivity contribution in [1.29, 1.82) is 0 Å². The average molecular weight is 460 g/mol. The number of nitrogens with zero attached hydrogens (tertiary/aromatic N) is 1. The fraction of sp³-hybridized carbons (Fsp3) is 0.364. The minimum absolute atomic E-state index is 0.00734. The number of nitrogens with one attached hydrogen (secondary N) is 2. The van der Waals surface area contributed by atoms with Gasteiger partial charge in [0.05, 0.1) is 24.2 Å². The number of amidine groups is 1. The molecule has 9 heteroatoms. The van der Waals surface area contributed by atoms with Crippen LogP contribution in [0.15, 0.2) is 53.5 Å². The first-order valence-electron chi connectivity index (χ1n) is 10.2. The zero-order chi connectivity index (χ0) is 21.8. The Hall–Kier alpha value is -2.52. The van der Waals surface area contributed by atoms with Gasteiger partial charge in [0.25, 0.3) is 5.91 Å². The fourth-order valence-electron chi connectivity index (χ4n) is 3.59. The van der Waals surface area contributed by atoms with Crippen LogP contribution in [0.5, 0.6) is 5.75 Å². The Morgan fingerprint density at radius 2 is 1.87 bits per heavy atom. The number of rotatable bonds is 7. The van der Waals surface area contributed by atoms with Gasteiger partial charge in [-0.2, -0.15) is 0 Å². The summed E-state index contributed by atoms with van der Waals surface area (Å²) in [6.45, 7) is 3.14. The summed E-state index contributed by atoms with van der Waals surface area (Å²) < 4.78 is 28.7. The van der Waals surface area contributed by atoms with Crippen molar-refractivity contribution in [2.75, 3.05) is 30.0 Å². The van der Waals surface area contributed by atoms with Crippen LogP contribution in [-0.2, 0) is 16.3 Å². The summed E-state index contributed by atoms with van der Waals surface area (Å²) in [5.41, 5.74) is 2.54. The van der Waals surface area contributed by atoms with E-state index in [9.17, 15) is 13.2 Å². The van der Waals surface area contributed by atoms with E-state index in [0.717, 1.165) is 28.6 Å². The van der Waals surface area contributed by atoms with Crippen molar-refractivity contribution >= 4 is 38.4 Å². The summed E-state index contributed by atoms with van der Waals surface area (Å²) in [5.74, 6) is 1.04. The zero-order valence-electron chi connectivity index (χ0n) is 17.2. The molecule has 0 unspecified atom stereocenters. The second-order valence-corrected chi connectivity index (χ2v) is 10.9. The zero-order valence-corrected chi connectivity index (χ0v) is 18.8. The van der Waals surface area contributed by atoms with Crippen LogP contribution >= 0.6 is 11.8 Å². The maximum atomic E-state index is 12.4. The molecule has 0 spiro atoms. The van der Waals surface area contributed by atoms with E-state index in [4.69, 9.17) is 4.74 Å². The number of carbonyl (C=O) groups excluding carboxylic acids is 1. The van der Waals surface area contributed by atoms with Gasteiger partial charge in [-0.15, -0.1) is 0 Å². The van der Waals surface area contributed by atoms with Gasteiger partial charge >= 0.3 is 0 Å². The smallest absolute Gasteiger partial charge is 0.251 e. The van der Waals surface area contributed by atoms with Crippen LogP contribution in [0.4, 0.5) is 5.69 Å². The van der Waals surface area contributed by atoms with Gasteiger partial charge in [0.15, 0.2) is 15.0 Å². The van der Waals surface area contributed by atoms with Crippen molar-refractivity contribution in [3.8, 4) is 5.75 Å². The third kappa shape index (κ3) is 5.59. The highest BCUT2D eigenvalue weighted by atomic mass is 32.2. The van der Waals surface area contributed by atoms with Gasteiger partial charge in [0, 0.05) is 23.0 Å². The van der Waals surface area contributed by atoms with Crippen LogP contribution in [0, 0.1) is 0 Å². The van der Waals surface area contributed by atoms with E-state index in [0.29, 0.717) is 18.7 Å². The normalized spacial score (nSPS) is 21.3. The predicted octanol–water partition coefficient (Wildman–Crippen LogP) is 2.74. The second kappa shape index (κ2) is 9.32. The Morgan fingerprint density at radius 1 is 1.13 bits per heavy atom. The number of amides is 1. The molecule has 2 atom stereocenters. The molecule has 0 radical (unpaired) electrons. The molecule has 0 aliphatic carbocycles. The lowest BCUT2D eigenvalue weighted by Crippen LogP contribution is -2.25. The minimum Gasteiger partial charge on any atom is -0.494 e. The van der Waals surface area contributed by atoms with Crippen molar-refractivity contribution in [3.05, 3.63) is 59.7 Å². The SMILES string of the molecule is CCOc1ccc(CCNC(=O)c2ccc(NC3=N[C@@H]4CS(=O)(=O)C[C@H]4S3)cc2)cc1. The molecule has 2 aliphatic rings. The van der Waals surface area contributed by atoms with Crippen molar-refractivity contribution in [3.63, 3.8) is 0 Å². The van der Waals surface area contributed by atoms with Crippen LogP contribution in [0.25, 0.3) is 0 Å². The number of hydrogen-bond donors (Lipinski definition) is 2. The summed E-state index contributed by atoms with van der Waals surface area (Å²) in [6, 6.07) is 14.9. The van der Waals surface area contributed by atoms with Gasteiger partial charge in [0.1, 0.15) is 5.75 Å². The molecule has 2 heterocycles. The number of fused-ring (bicyclic) bond motifs is 1. The molecule has 31 heavy (non-hydrogen) atoms. The average Bonchev–Trinajstić information content (AvgIpc) is 3.22. The molecule has 2 aromatic carbocycles. The van der Waals surface area contributed by atoms with Gasteiger partial charge in [-0.1, -0.05) is 23.9 Å². The first-order chi connectivity index (χ1) is 14.9. The Balaban J connectivity index is 1.25. The summed E-state index contributed by atoms with van der Waals surface area (Å²) >= 11 is 1.47. The molecule has 2 aliphatic heterocycles. The Labute approximate surface area is 186 Å². The molecular weight excluding hydrogens is 434 g/mol. The monoisotopic (exact) mass is 459 g/mol. The molecule has 1 fully saturated rings. The highest BCUT2D eigenvalue weighted by molar-refractivity contribution is 8.15. The van der Waals surface area contributed by atoms with Crippen LogP contribution < -0.4 is 15.4 Å². The molecule has 164 valence electrons. The highest BCUT2D eigenvalue weighted by Gasteiger charge is 2.42. The van der Waals surface area contributed by atoms with Crippen LogP contribution in [0.1, 0.15) is 22.8 Å². The highest BCUT2D eigenvalue weighted by Crippen LogP contribution is 2.34. The van der Waals surface area contributed by atoms with E-state index in [1.165, 1.54) is 11.8 Å². The van der Waals surface area contributed by atoms with Crippen molar-refractivity contribution in [1.82, 2.24) is 5.32 Å². The Bertz CT molecular complexity index is 1070. The summed E-state index contributed by atoms with van der Waals surface area (Å²) in [5, 5.41) is 6.90. The number of benzene rings is 2. The number of thioether (sulfide) groups is 1. The fourth-order valence-corrected chi connectivity index (χ4v) is 7.26. The lowest BCUT2D eigenvalue weighted by atomic mass is 10.1. The van der Waals surface area contributed by atoms with Gasteiger partial charge in [-0.25, -0.2) is 8.42 Å². The maximum absolute atomic E-state index is 12.4. The van der Waals surface area contributed by atoms with E-state index >= 15 is 0 Å². The molecule has 0 aromatic heterocycles. The number of anilines is 1. The number of ether oxygens (including phenoxy) is 1. The molecule has 0 saturated carbocycles. The Morgan fingerprint density at radius 3 is 2.55 bits per heavy atom. The lowest BCUT2D eigenvalue weighted by molar-refractivity contribution is 0.0954.